The number of aliphatic hydroxyl groups is 1. The van der Waals surface area contributed by atoms with E-state index in [1.165, 1.54) is 0 Å². The predicted octanol–water partition coefficient (Wildman–Crippen LogP) is 4.30. The lowest BCUT2D eigenvalue weighted by molar-refractivity contribution is -0.433. The number of hydrogen-bond acceptors (Lipinski definition) is 3. The molecule has 0 saturated heterocycles. The molecule has 0 aliphatic heterocycles. The van der Waals surface area contributed by atoms with Gasteiger partial charge in [-0.3, -0.25) is 0 Å². The molecule has 0 amide bonds. The van der Waals surface area contributed by atoms with E-state index in [1.54, 1.807) is 0 Å². The van der Waals surface area contributed by atoms with Gasteiger partial charge >= 0.3 is 35.1 Å². The van der Waals surface area contributed by atoms with E-state index < -0.39 is 58.9 Å². The van der Waals surface area contributed by atoms with Crippen molar-refractivity contribution in [3.63, 3.8) is 0 Å². The molecule has 0 aliphatic carbocycles. The Balaban J connectivity index is 6.00. The Labute approximate surface area is 141 Å². The molecule has 0 rings (SSSR count). The zero-order valence-corrected chi connectivity index (χ0v) is 13.3. The first-order chi connectivity index (χ1) is 11.1. The molecule has 1 N–H and O–H groups in total. The summed E-state index contributed by atoms with van der Waals surface area (Å²) in [7, 11) is 2.18. The van der Waals surface area contributed by atoms with E-state index in [9.17, 15) is 57.1 Å². The molecule has 0 saturated carbocycles. The maximum absolute atomic E-state index is 13.3. The molecule has 0 aromatic heterocycles. The van der Waals surface area contributed by atoms with Gasteiger partial charge in [-0.1, -0.05) is 0 Å². The van der Waals surface area contributed by atoms with Gasteiger partial charge in [0.1, 0.15) is 5.44 Å². The summed E-state index contributed by atoms with van der Waals surface area (Å²) in [6, 6.07) is 0. The summed E-state index contributed by atoms with van der Waals surface area (Å²) >= 11 is -1.71. The Kier molecular flexibility index (Phi) is 6.90. The van der Waals surface area contributed by atoms with Crippen molar-refractivity contribution in [3.05, 3.63) is 0 Å². The van der Waals surface area contributed by atoms with Crippen LogP contribution in [0.3, 0.4) is 0 Å². The molecule has 0 bridgehead atoms. The van der Waals surface area contributed by atoms with Crippen molar-refractivity contribution in [2.45, 2.75) is 40.6 Å². The number of thioether (sulfide) groups is 1. The molecule has 0 radical (unpaired) electrons. The molecule has 0 aromatic rings. The molecular weight excluding hydrogens is 429 g/mol. The highest BCUT2D eigenvalue weighted by Gasteiger charge is 2.91. The van der Waals surface area contributed by atoms with Crippen molar-refractivity contribution in [2.24, 2.45) is 0 Å². The van der Waals surface area contributed by atoms with Crippen LogP contribution in [0.1, 0.15) is 0 Å². The summed E-state index contributed by atoms with van der Waals surface area (Å²) in [5.74, 6) is -30.9. The summed E-state index contributed by atoms with van der Waals surface area (Å²) in [5.41, 5.74) is -2.60. The fourth-order valence-corrected chi connectivity index (χ4v) is 2.34. The molecule has 0 fully saturated rings. The SMILES string of the molecule is CN(C)CC(O)SC(F)(F)C(F)(F)C(F)(F)C(F)(F)C(F)(F)C(F)(F)F. The lowest BCUT2D eigenvalue weighted by Gasteiger charge is -2.39. The van der Waals surface area contributed by atoms with Gasteiger partial charge in [0.15, 0.2) is 0 Å². The summed E-state index contributed by atoms with van der Waals surface area (Å²) in [6.45, 7) is -0.892. The zero-order chi connectivity index (χ0) is 21.6. The van der Waals surface area contributed by atoms with Crippen molar-refractivity contribution in [3.8, 4) is 0 Å². The van der Waals surface area contributed by atoms with Crippen LogP contribution in [0.5, 0.6) is 0 Å². The average Bonchev–Trinajstić information content (AvgIpc) is 2.34. The van der Waals surface area contributed by atoms with Gasteiger partial charge in [-0.25, -0.2) is 0 Å². The third-order valence-corrected chi connectivity index (χ3v) is 3.68. The standard InChI is InChI=1S/C10H10F13NOS/c1-24(2)3-4(25)26-10(22,23)8(17,18)6(13,14)5(11,12)7(15,16)9(19,20)21/h4,25H,3H2,1-2H3. The van der Waals surface area contributed by atoms with Crippen LogP contribution >= 0.6 is 11.8 Å². The largest absolute Gasteiger partial charge is 0.460 e. The number of alkyl halides is 13. The number of likely N-dealkylation sites (N-methyl/N-ethyl adjacent to an activating group) is 1. The van der Waals surface area contributed by atoms with Crippen LogP contribution in [0, 0.1) is 0 Å². The van der Waals surface area contributed by atoms with Crippen molar-refractivity contribution in [1.29, 1.82) is 0 Å². The summed E-state index contributed by atoms with van der Waals surface area (Å²) in [4.78, 5) is 0.871. The van der Waals surface area contributed by atoms with Gasteiger partial charge in [-0.2, -0.15) is 57.1 Å². The molecule has 1 atom stereocenters. The van der Waals surface area contributed by atoms with Crippen LogP contribution in [0.2, 0.25) is 0 Å². The first-order valence-corrected chi connectivity index (χ1v) is 6.90. The monoisotopic (exact) mass is 439 g/mol. The molecule has 0 spiro atoms. The maximum atomic E-state index is 13.3. The molecule has 26 heavy (non-hydrogen) atoms. The molecule has 16 heteroatoms. The Morgan fingerprint density at radius 1 is 0.692 bits per heavy atom. The van der Waals surface area contributed by atoms with Crippen LogP contribution < -0.4 is 0 Å². The van der Waals surface area contributed by atoms with Gasteiger partial charge in [0.2, 0.25) is 0 Å². The van der Waals surface area contributed by atoms with Crippen molar-refractivity contribution in [2.75, 3.05) is 20.6 Å². The number of rotatable bonds is 8. The van der Waals surface area contributed by atoms with Crippen LogP contribution in [0.4, 0.5) is 57.1 Å². The number of halogens is 13. The normalized spacial score (nSPS) is 17.0. The molecule has 2 nitrogen and oxygen atoms in total. The predicted molar refractivity (Wildman–Crippen MR) is 62.9 cm³/mol. The van der Waals surface area contributed by atoms with E-state index in [0.29, 0.717) is 0 Å². The first-order valence-electron chi connectivity index (χ1n) is 6.02. The maximum Gasteiger partial charge on any atom is 0.460 e. The van der Waals surface area contributed by atoms with Gasteiger partial charge in [-0.15, -0.1) is 0 Å². The van der Waals surface area contributed by atoms with Gasteiger partial charge in [0, 0.05) is 6.54 Å². The number of hydrogen-bond donors (Lipinski definition) is 1. The summed E-state index contributed by atoms with van der Waals surface area (Å²) in [6.07, 6.45) is -7.44. The topological polar surface area (TPSA) is 23.5 Å². The highest BCUT2D eigenvalue weighted by molar-refractivity contribution is 8.00. The van der Waals surface area contributed by atoms with E-state index in [2.05, 4.69) is 0 Å². The second kappa shape index (κ2) is 7.07. The lowest BCUT2D eigenvalue weighted by Crippen LogP contribution is -2.69. The van der Waals surface area contributed by atoms with Crippen LogP contribution in [0.25, 0.3) is 0 Å². The van der Waals surface area contributed by atoms with E-state index in [1.807, 2.05) is 0 Å². The lowest BCUT2D eigenvalue weighted by atomic mass is 9.98. The van der Waals surface area contributed by atoms with Crippen molar-refractivity contribution < 1.29 is 62.2 Å². The van der Waals surface area contributed by atoms with E-state index in [4.69, 9.17) is 5.11 Å². The second-order valence-electron chi connectivity index (χ2n) is 5.15. The highest BCUT2D eigenvalue weighted by Crippen LogP contribution is 2.62. The van der Waals surface area contributed by atoms with Gasteiger partial charge in [0.05, 0.1) is 0 Å². The van der Waals surface area contributed by atoms with Crippen LogP contribution in [-0.2, 0) is 0 Å². The quantitative estimate of drug-likeness (QED) is 0.451. The van der Waals surface area contributed by atoms with E-state index in [0.717, 1.165) is 19.0 Å². The fraction of sp³-hybridized carbons (Fsp3) is 1.00. The summed E-state index contributed by atoms with van der Waals surface area (Å²) < 4.78 is 166. The van der Waals surface area contributed by atoms with Crippen molar-refractivity contribution in [1.82, 2.24) is 4.90 Å². The molecule has 158 valence electrons. The second-order valence-corrected chi connectivity index (χ2v) is 6.44. The van der Waals surface area contributed by atoms with Gasteiger partial charge in [-0.05, 0) is 25.9 Å². The fourth-order valence-electron chi connectivity index (χ4n) is 1.35. The Hall–Kier alpha value is -0.640. The third-order valence-electron chi connectivity index (χ3n) is 2.71. The minimum Gasteiger partial charge on any atom is -0.381 e. The molecule has 0 aromatic carbocycles. The smallest absolute Gasteiger partial charge is 0.381 e. The molecule has 0 heterocycles. The van der Waals surface area contributed by atoms with Crippen molar-refractivity contribution >= 4 is 11.8 Å². The summed E-state index contributed by atoms with van der Waals surface area (Å²) in [5, 5.41) is 2.69. The molecule has 1 unspecified atom stereocenters. The first kappa shape index (κ1) is 25.4. The third kappa shape index (κ3) is 4.10. The Bertz CT molecular complexity index is 490. The highest BCUT2D eigenvalue weighted by atomic mass is 32.2. The van der Waals surface area contributed by atoms with E-state index >= 15 is 0 Å². The van der Waals surface area contributed by atoms with Gasteiger partial charge in [0.25, 0.3) is 0 Å². The minimum absolute atomic E-state index is 0.871. The van der Waals surface area contributed by atoms with E-state index in [-0.39, 0.29) is 0 Å². The Morgan fingerprint density at radius 2 is 1.04 bits per heavy atom. The zero-order valence-electron chi connectivity index (χ0n) is 12.5. The average molecular weight is 439 g/mol. The molecular formula is C10H10F13NOS. The van der Waals surface area contributed by atoms with Crippen LogP contribution in [0.15, 0.2) is 0 Å². The Morgan fingerprint density at radius 3 is 1.35 bits per heavy atom. The number of nitrogens with zero attached hydrogens (tertiary/aromatic N) is 1. The minimum atomic E-state index is -7.93. The van der Waals surface area contributed by atoms with Crippen LogP contribution in [-0.4, -0.2) is 71.2 Å². The van der Waals surface area contributed by atoms with Gasteiger partial charge < -0.3 is 10.0 Å². The molecule has 0 aliphatic rings. The number of aliphatic hydroxyl groups excluding tert-OH is 1.